The van der Waals surface area contributed by atoms with Crippen LogP contribution in [0.25, 0.3) is 0 Å². The molecule has 0 atom stereocenters. The fourth-order valence-electron chi connectivity index (χ4n) is 7.41. The zero-order valence-corrected chi connectivity index (χ0v) is 46.7. The van der Waals surface area contributed by atoms with Crippen molar-refractivity contribution in [3.05, 3.63) is 164 Å². The van der Waals surface area contributed by atoms with Crippen molar-refractivity contribution in [1.29, 1.82) is 0 Å². The Labute approximate surface area is 407 Å². The molecule has 0 heterocycles. The lowest BCUT2D eigenvalue weighted by atomic mass is 9.86. The normalized spacial score (nSPS) is 11.4. The highest BCUT2D eigenvalue weighted by Crippen LogP contribution is 2.29. The summed E-state index contributed by atoms with van der Waals surface area (Å²) in [6.45, 7) is 46.7. The van der Waals surface area contributed by atoms with Crippen LogP contribution in [0.2, 0.25) is 0 Å². The molecule has 3 nitrogen and oxygen atoms in total. The first-order valence-corrected chi connectivity index (χ1v) is 24.1. The van der Waals surface area contributed by atoms with Gasteiger partial charge < -0.3 is 14.9 Å². The number of benzene rings is 5. The Bertz CT molecular complexity index is 2040. The average Bonchev–Trinajstić information content (AvgIpc) is 3.15. The van der Waals surface area contributed by atoms with Crippen LogP contribution in [0, 0.1) is 68.6 Å². The highest BCUT2D eigenvalue weighted by Gasteiger charge is 2.16. The van der Waals surface area contributed by atoms with Crippen LogP contribution in [-0.4, -0.2) is 19.7 Å². The molecule has 5 aromatic carbocycles. The molecule has 0 aliphatic heterocycles. The molecule has 0 amide bonds. The first-order valence-electron chi connectivity index (χ1n) is 24.1. The summed E-state index contributed by atoms with van der Waals surface area (Å²) in [6.07, 6.45) is 5.62. The van der Waals surface area contributed by atoms with Gasteiger partial charge in [-0.3, -0.25) is 0 Å². The molecule has 2 N–H and O–H groups in total. The van der Waals surface area contributed by atoms with E-state index in [1.807, 2.05) is 0 Å². The second-order valence-corrected chi connectivity index (χ2v) is 24.7. The van der Waals surface area contributed by atoms with Gasteiger partial charge in [0.2, 0.25) is 0 Å². The lowest BCUT2D eigenvalue weighted by Crippen LogP contribution is -2.10. The van der Waals surface area contributed by atoms with E-state index >= 15 is 0 Å². The van der Waals surface area contributed by atoms with Crippen molar-refractivity contribution >= 4 is 0 Å². The van der Waals surface area contributed by atoms with E-state index < -0.39 is 0 Å². The Balaban J connectivity index is 0.000000798. The molecule has 368 valence electrons. The third-order valence-electron chi connectivity index (χ3n) is 10.3. The summed E-state index contributed by atoms with van der Waals surface area (Å²) in [7, 11) is 3.46. The zero-order valence-electron chi connectivity index (χ0n) is 46.7. The Morgan fingerprint density at radius 3 is 0.985 bits per heavy atom. The van der Waals surface area contributed by atoms with Crippen LogP contribution in [0.15, 0.2) is 103 Å². The predicted molar refractivity (Wildman–Crippen MR) is 293 cm³/mol. The Morgan fingerprint density at radius 1 is 0.303 bits per heavy atom. The molecule has 0 unspecified atom stereocenters. The largest absolute Gasteiger partial charge is 0.496 e. The molecule has 0 aliphatic rings. The summed E-state index contributed by atoms with van der Waals surface area (Å²) in [6, 6.07) is 37.2. The van der Waals surface area contributed by atoms with Crippen molar-refractivity contribution in [1.82, 2.24) is 0 Å². The lowest BCUT2D eigenvalue weighted by molar-refractivity contribution is 0.378. The minimum absolute atomic E-state index is 0. The molecule has 66 heavy (non-hydrogen) atoms. The van der Waals surface area contributed by atoms with Crippen LogP contribution in [-0.2, 0) is 32.1 Å². The summed E-state index contributed by atoms with van der Waals surface area (Å²) in [4.78, 5) is 0. The fraction of sp³-hybridized carbons (Fsp3) is 0.524. The lowest BCUT2D eigenvalue weighted by Gasteiger charge is -2.20. The second-order valence-electron chi connectivity index (χ2n) is 24.7. The molecule has 0 aromatic heterocycles. The van der Waals surface area contributed by atoms with E-state index in [2.05, 4.69) is 249 Å². The van der Waals surface area contributed by atoms with Crippen molar-refractivity contribution in [2.45, 2.75) is 178 Å². The van der Waals surface area contributed by atoms with Gasteiger partial charge in [-0.1, -0.05) is 212 Å². The minimum Gasteiger partial charge on any atom is -0.496 e. The third kappa shape index (κ3) is 29.3. The van der Waals surface area contributed by atoms with Gasteiger partial charge in [0.15, 0.2) is 0 Å². The smallest absolute Gasteiger partial charge is 0.122 e. The summed E-state index contributed by atoms with van der Waals surface area (Å²) in [5.41, 5.74) is 16.7. The SMILES string of the molecule is COc1cc(C)ccc1CC(C)(C)C.COc1cc(CC(C)(C)C)ccc1C.Cc1ccc(CC(C)(C)C)c(C)c1.Cc1ccc(CC(C)(C)C)cc1.Cc1ccc(CC(C)(C)C)cc1.O. The quantitative estimate of drug-likeness (QED) is 0.163. The van der Waals surface area contributed by atoms with Gasteiger partial charge in [-0.2, -0.15) is 0 Å². The first-order chi connectivity index (χ1) is 29.7. The number of aryl methyl sites for hydroxylation is 6. The van der Waals surface area contributed by atoms with E-state index in [-0.39, 0.29) is 5.48 Å². The number of hydrogen-bond acceptors (Lipinski definition) is 2. The van der Waals surface area contributed by atoms with Gasteiger partial charge in [-0.15, -0.1) is 0 Å². The van der Waals surface area contributed by atoms with Crippen molar-refractivity contribution < 1.29 is 14.9 Å². The third-order valence-corrected chi connectivity index (χ3v) is 10.3. The van der Waals surface area contributed by atoms with E-state index in [0.29, 0.717) is 27.1 Å². The maximum Gasteiger partial charge on any atom is 0.122 e. The Morgan fingerprint density at radius 2 is 0.621 bits per heavy atom. The van der Waals surface area contributed by atoms with Gasteiger partial charge in [0.25, 0.3) is 0 Å². The Kier molecular flexibility index (Phi) is 25.7. The molecular weight excluding hydrogens is 805 g/mol. The average molecular weight is 903 g/mol. The second kappa shape index (κ2) is 27.5. The molecule has 0 fully saturated rings. The number of hydrogen-bond donors (Lipinski definition) is 0. The van der Waals surface area contributed by atoms with Gasteiger partial charge >= 0.3 is 0 Å². The van der Waals surface area contributed by atoms with Crippen LogP contribution < -0.4 is 9.47 Å². The maximum atomic E-state index is 5.37. The van der Waals surface area contributed by atoms with E-state index in [9.17, 15) is 0 Å². The molecule has 0 bridgehead atoms. The molecule has 5 aromatic rings. The van der Waals surface area contributed by atoms with Crippen molar-refractivity contribution in [2.75, 3.05) is 14.2 Å². The van der Waals surface area contributed by atoms with Crippen molar-refractivity contribution in [3.8, 4) is 11.5 Å². The van der Waals surface area contributed by atoms with E-state index in [0.717, 1.165) is 37.2 Å². The van der Waals surface area contributed by atoms with Crippen LogP contribution in [0.3, 0.4) is 0 Å². The zero-order chi connectivity index (χ0) is 50.0. The summed E-state index contributed by atoms with van der Waals surface area (Å²) in [5.74, 6) is 2.01. The molecule has 5 rings (SSSR count). The van der Waals surface area contributed by atoms with Crippen molar-refractivity contribution in [3.63, 3.8) is 0 Å². The summed E-state index contributed by atoms with van der Waals surface area (Å²) < 4.78 is 10.7. The molecule has 0 saturated heterocycles. The number of ether oxygens (including phenoxy) is 2. The highest BCUT2D eigenvalue weighted by atomic mass is 16.5. The van der Waals surface area contributed by atoms with Gasteiger partial charge in [0.1, 0.15) is 11.5 Å². The van der Waals surface area contributed by atoms with E-state index in [4.69, 9.17) is 9.47 Å². The molecule has 0 aliphatic carbocycles. The molecule has 3 heteroatoms. The number of methoxy groups -OCH3 is 2. The van der Waals surface area contributed by atoms with Crippen LogP contribution >= 0.6 is 0 Å². The minimum atomic E-state index is 0. The van der Waals surface area contributed by atoms with Crippen LogP contribution in [0.4, 0.5) is 0 Å². The topological polar surface area (TPSA) is 50.0 Å². The predicted octanol–water partition coefficient (Wildman–Crippen LogP) is 17.4. The van der Waals surface area contributed by atoms with Crippen molar-refractivity contribution in [2.24, 2.45) is 27.1 Å². The monoisotopic (exact) mass is 903 g/mol. The molecule has 0 radical (unpaired) electrons. The van der Waals surface area contributed by atoms with Gasteiger partial charge in [0.05, 0.1) is 14.2 Å². The standard InChI is InChI=1S/2C13H20O.C13H20.2C12H18.H2O/c1-10-6-7-11(8-12(10)14-5)9-13(2,3)4;1-10-6-7-11(9-13(2,3)4)12(8-10)14-5;1-10-6-7-12(11(2)8-10)9-13(3,4)5;2*1-10-5-7-11(8-6-10)9-12(2,3)4;/h2*6-8H,9H2,1-5H3;6-8H,9H2,1-5H3;2*5-8H,9H2,1-4H3;1H2. The van der Waals surface area contributed by atoms with E-state index in [1.165, 1.54) is 67.6 Å². The molecule has 0 spiro atoms. The van der Waals surface area contributed by atoms with Gasteiger partial charge in [-0.25, -0.2) is 0 Å². The van der Waals surface area contributed by atoms with Gasteiger partial charge in [-0.05, 0) is 157 Å². The summed E-state index contributed by atoms with van der Waals surface area (Å²) >= 11 is 0. The number of rotatable bonds is 7. The van der Waals surface area contributed by atoms with E-state index in [1.54, 1.807) is 14.2 Å². The first kappa shape index (κ1) is 61.7. The molecular formula is C63H98O3. The maximum absolute atomic E-state index is 5.37. The molecule has 0 saturated carbocycles. The fourth-order valence-corrected chi connectivity index (χ4v) is 7.41. The van der Waals surface area contributed by atoms with Gasteiger partial charge in [0, 0.05) is 0 Å². The van der Waals surface area contributed by atoms with Crippen LogP contribution in [0.1, 0.15) is 165 Å². The van der Waals surface area contributed by atoms with Crippen LogP contribution in [0.5, 0.6) is 11.5 Å². The summed E-state index contributed by atoms with van der Waals surface area (Å²) in [5, 5.41) is 0. The highest BCUT2D eigenvalue weighted by molar-refractivity contribution is 5.38. The Hall–Kier alpha value is -4.34.